The van der Waals surface area contributed by atoms with Crippen LogP contribution in [-0.2, 0) is 0 Å². The van der Waals surface area contributed by atoms with Crippen molar-refractivity contribution in [3.63, 3.8) is 0 Å². The molecule has 0 atom stereocenters. The van der Waals surface area contributed by atoms with Crippen molar-refractivity contribution in [2.24, 2.45) is 0 Å². The van der Waals surface area contributed by atoms with Crippen LogP contribution in [0, 0.1) is 0 Å². The van der Waals surface area contributed by atoms with Gasteiger partial charge in [0, 0.05) is 10.6 Å². The maximum Gasteiger partial charge on any atom is 0.161 e. The molecule has 2 nitrogen and oxygen atoms in total. The number of ether oxygens (including phenoxy) is 1. The Hall–Kier alpha value is -1.22. The van der Waals surface area contributed by atoms with Crippen LogP contribution < -0.4 is 4.74 Å². The molecule has 2 aromatic rings. The van der Waals surface area contributed by atoms with E-state index in [1.807, 2.05) is 0 Å². The molecule has 19 heavy (non-hydrogen) atoms. The number of carbonyl (C=O) groups excluding carboxylic acids is 1. The molecular weight excluding hydrogens is 307 g/mol. The van der Waals surface area contributed by atoms with Crippen molar-refractivity contribution in [2.75, 3.05) is 0 Å². The Balaban J connectivity index is 2.33. The Morgan fingerprint density at radius 1 is 1.00 bits per heavy atom. The van der Waals surface area contributed by atoms with Gasteiger partial charge in [0.15, 0.2) is 5.78 Å². The van der Waals surface area contributed by atoms with Crippen LogP contribution in [0.4, 0.5) is 0 Å². The number of hydrogen-bond acceptors (Lipinski definition) is 2. The number of Topliss-reactive ketones (excluding diaryl/α,β-unsaturated/α-hetero) is 1. The maximum absolute atomic E-state index is 11.4. The highest BCUT2D eigenvalue weighted by Crippen LogP contribution is 2.33. The molecule has 0 aliphatic rings. The number of ketones is 1. The summed E-state index contributed by atoms with van der Waals surface area (Å²) < 4.78 is 5.61. The lowest BCUT2D eigenvalue weighted by atomic mass is 10.1. The molecule has 0 spiro atoms. The summed E-state index contributed by atoms with van der Waals surface area (Å²) in [5.74, 6) is 0.819. The summed E-state index contributed by atoms with van der Waals surface area (Å²) in [5.41, 5.74) is 0.407. The predicted octanol–water partition coefficient (Wildman–Crippen LogP) is 5.64. The van der Waals surface area contributed by atoms with E-state index in [0.29, 0.717) is 32.1 Å². The van der Waals surface area contributed by atoms with Crippen molar-refractivity contribution in [1.82, 2.24) is 0 Å². The summed E-state index contributed by atoms with van der Waals surface area (Å²) in [7, 11) is 0. The first kappa shape index (κ1) is 14.2. The van der Waals surface area contributed by atoms with E-state index in [2.05, 4.69) is 0 Å². The fraction of sp³-hybridized carbons (Fsp3) is 0.0714. The van der Waals surface area contributed by atoms with Crippen LogP contribution in [0.15, 0.2) is 36.4 Å². The van der Waals surface area contributed by atoms with Gasteiger partial charge in [-0.15, -0.1) is 0 Å². The Labute approximate surface area is 125 Å². The fourth-order valence-electron chi connectivity index (χ4n) is 1.52. The third kappa shape index (κ3) is 3.41. The van der Waals surface area contributed by atoms with Crippen LogP contribution in [0.1, 0.15) is 17.3 Å². The first-order chi connectivity index (χ1) is 8.97. The molecule has 0 saturated heterocycles. The molecule has 0 heterocycles. The number of carbonyl (C=O) groups is 1. The highest BCUT2D eigenvalue weighted by atomic mass is 35.5. The Bertz CT molecular complexity index is 639. The molecule has 0 unspecified atom stereocenters. The van der Waals surface area contributed by atoms with Gasteiger partial charge in [-0.3, -0.25) is 4.79 Å². The van der Waals surface area contributed by atoms with Crippen LogP contribution in [0.5, 0.6) is 11.5 Å². The van der Waals surface area contributed by atoms with Crippen molar-refractivity contribution >= 4 is 40.6 Å². The Morgan fingerprint density at radius 2 is 1.74 bits per heavy atom. The average Bonchev–Trinajstić information content (AvgIpc) is 2.34. The summed E-state index contributed by atoms with van der Waals surface area (Å²) in [4.78, 5) is 11.4. The van der Waals surface area contributed by atoms with E-state index in [1.54, 1.807) is 36.4 Å². The third-order valence-electron chi connectivity index (χ3n) is 2.44. The van der Waals surface area contributed by atoms with E-state index in [-0.39, 0.29) is 5.78 Å². The van der Waals surface area contributed by atoms with Gasteiger partial charge in [-0.05, 0) is 43.3 Å². The zero-order valence-electron chi connectivity index (χ0n) is 9.91. The van der Waals surface area contributed by atoms with Gasteiger partial charge < -0.3 is 4.74 Å². The van der Waals surface area contributed by atoms with Crippen molar-refractivity contribution in [1.29, 1.82) is 0 Å². The van der Waals surface area contributed by atoms with E-state index in [4.69, 9.17) is 39.5 Å². The van der Waals surface area contributed by atoms with Crippen LogP contribution in [-0.4, -0.2) is 5.78 Å². The molecule has 0 fully saturated rings. The van der Waals surface area contributed by atoms with Crippen molar-refractivity contribution in [2.45, 2.75) is 6.92 Å². The highest BCUT2D eigenvalue weighted by molar-refractivity contribution is 6.35. The number of hydrogen-bond donors (Lipinski definition) is 0. The first-order valence-corrected chi connectivity index (χ1v) is 6.54. The quantitative estimate of drug-likeness (QED) is 0.685. The molecule has 0 aliphatic heterocycles. The molecule has 0 aromatic heterocycles. The van der Waals surface area contributed by atoms with Gasteiger partial charge in [-0.25, -0.2) is 0 Å². The minimum absolute atomic E-state index is 0.127. The van der Waals surface area contributed by atoms with E-state index >= 15 is 0 Å². The zero-order valence-corrected chi connectivity index (χ0v) is 12.2. The lowest BCUT2D eigenvalue weighted by Crippen LogP contribution is -1.94. The first-order valence-electron chi connectivity index (χ1n) is 5.41. The fourth-order valence-corrected chi connectivity index (χ4v) is 2.22. The molecule has 2 rings (SSSR count). The second-order valence-electron chi connectivity index (χ2n) is 3.87. The zero-order chi connectivity index (χ0) is 14.0. The monoisotopic (exact) mass is 314 g/mol. The number of rotatable bonds is 3. The summed E-state index contributed by atoms with van der Waals surface area (Å²) in [5, 5.41) is 1.31. The van der Waals surface area contributed by atoms with Crippen molar-refractivity contribution in [3.8, 4) is 11.5 Å². The number of halogens is 3. The molecule has 0 amide bonds. The lowest BCUT2D eigenvalue weighted by molar-refractivity contribution is 0.101. The Morgan fingerprint density at radius 3 is 2.37 bits per heavy atom. The molecule has 0 saturated carbocycles. The minimum Gasteiger partial charge on any atom is -0.456 e. The topological polar surface area (TPSA) is 26.3 Å². The molecule has 0 bridgehead atoms. The largest absolute Gasteiger partial charge is 0.456 e. The molecular formula is C14H9Cl3O2. The van der Waals surface area contributed by atoms with Gasteiger partial charge >= 0.3 is 0 Å². The summed E-state index contributed by atoms with van der Waals surface area (Å²) in [6.07, 6.45) is 0. The van der Waals surface area contributed by atoms with Crippen LogP contribution in [0.25, 0.3) is 0 Å². The average molecular weight is 316 g/mol. The van der Waals surface area contributed by atoms with Gasteiger partial charge in [0.25, 0.3) is 0 Å². The van der Waals surface area contributed by atoms with Gasteiger partial charge in [0.1, 0.15) is 11.5 Å². The molecule has 0 N–H and O–H groups in total. The van der Waals surface area contributed by atoms with E-state index in [1.165, 1.54) is 6.92 Å². The van der Waals surface area contributed by atoms with Gasteiger partial charge in [-0.2, -0.15) is 0 Å². The third-order valence-corrected chi connectivity index (χ3v) is 3.30. The summed E-state index contributed by atoms with van der Waals surface area (Å²) in [6.45, 7) is 1.44. The van der Waals surface area contributed by atoms with Crippen LogP contribution >= 0.6 is 34.8 Å². The van der Waals surface area contributed by atoms with E-state index in [0.717, 1.165) is 0 Å². The smallest absolute Gasteiger partial charge is 0.161 e. The van der Waals surface area contributed by atoms with Gasteiger partial charge in [0.05, 0.1) is 10.0 Å². The second kappa shape index (κ2) is 5.83. The molecule has 2 aromatic carbocycles. The molecule has 5 heteroatoms. The number of benzene rings is 2. The van der Waals surface area contributed by atoms with Gasteiger partial charge in [-0.1, -0.05) is 34.8 Å². The minimum atomic E-state index is -0.127. The maximum atomic E-state index is 11.4. The van der Waals surface area contributed by atoms with Gasteiger partial charge in [0.2, 0.25) is 0 Å². The van der Waals surface area contributed by atoms with E-state index in [9.17, 15) is 4.79 Å². The van der Waals surface area contributed by atoms with Crippen molar-refractivity contribution < 1.29 is 9.53 Å². The summed E-state index contributed by atoms with van der Waals surface area (Å²) in [6, 6.07) is 9.77. The van der Waals surface area contributed by atoms with Crippen LogP contribution in [0.3, 0.4) is 0 Å². The molecule has 0 aliphatic carbocycles. The lowest BCUT2D eigenvalue weighted by Gasteiger charge is -2.09. The SMILES string of the molecule is CC(=O)c1cc(Oc2ccc(Cl)cc2Cl)ccc1Cl. The molecule has 0 radical (unpaired) electrons. The predicted molar refractivity (Wildman–Crippen MR) is 78.0 cm³/mol. The Kier molecular flexibility index (Phi) is 4.35. The normalized spacial score (nSPS) is 10.3. The second-order valence-corrected chi connectivity index (χ2v) is 5.13. The standard InChI is InChI=1S/C14H9Cl3O2/c1-8(18)11-7-10(3-4-12(11)16)19-14-5-2-9(15)6-13(14)17/h2-7H,1H3. The van der Waals surface area contributed by atoms with Crippen molar-refractivity contribution in [3.05, 3.63) is 57.0 Å². The van der Waals surface area contributed by atoms with Crippen LogP contribution in [0.2, 0.25) is 15.1 Å². The highest BCUT2D eigenvalue weighted by Gasteiger charge is 2.09. The van der Waals surface area contributed by atoms with E-state index < -0.39 is 0 Å². The molecule has 98 valence electrons. The summed E-state index contributed by atoms with van der Waals surface area (Å²) >= 11 is 17.7.